The van der Waals surface area contributed by atoms with Gasteiger partial charge in [-0.15, -0.1) is 11.3 Å². The van der Waals surface area contributed by atoms with E-state index in [1.54, 1.807) is 6.20 Å². The van der Waals surface area contributed by atoms with Crippen LogP contribution < -0.4 is 0 Å². The molecule has 0 radical (unpaired) electrons. The molecule has 21 heavy (non-hydrogen) atoms. The standard InChI is InChI=1S/C13H15F3N2OS2/c14-11(12(15)16)4-5-20-13-17-6-10(21-13)8-18(19)7-9-2-1-3-9/h6,8-9H,1-5,7H2/b18-8-. The number of hydrogen-bond donors (Lipinski definition) is 0. The van der Waals surface area contributed by atoms with Crippen molar-refractivity contribution in [3.05, 3.63) is 28.2 Å². The van der Waals surface area contributed by atoms with Crippen molar-refractivity contribution in [2.24, 2.45) is 5.92 Å². The first-order valence-corrected chi connectivity index (χ1v) is 8.41. The molecule has 0 atom stereocenters. The van der Waals surface area contributed by atoms with E-state index in [1.165, 1.54) is 35.7 Å². The van der Waals surface area contributed by atoms with E-state index in [1.807, 2.05) is 0 Å². The van der Waals surface area contributed by atoms with Crippen LogP contribution in [0.2, 0.25) is 0 Å². The molecule has 116 valence electrons. The third-order valence-corrected chi connectivity index (χ3v) is 5.28. The second-order valence-electron chi connectivity index (χ2n) is 4.82. The quantitative estimate of drug-likeness (QED) is 0.243. The fourth-order valence-electron chi connectivity index (χ4n) is 1.84. The molecule has 0 spiro atoms. The molecule has 1 aromatic rings. The second-order valence-corrected chi connectivity index (χ2v) is 7.22. The predicted octanol–water partition coefficient (Wildman–Crippen LogP) is 4.43. The number of allylic oxidation sites excluding steroid dienone is 1. The molecule has 1 saturated carbocycles. The van der Waals surface area contributed by atoms with Crippen molar-refractivity contribution in [1.29, 1.82) is 0 Å². The highest BCUT2D eigenvalue weighted by atomic mass is 32.2. The average Bonchev–Trinajstić information content (AvgIpc) is 2.81. The van der Waals surface area contributed by atoms with Crippen LogP contribution in [-0.2, 0) is 0 Å². The van der Waals surface area contributed by atoms with E-state index < -0.39 is 11.9 Å². The van der Waals surface area contributed by atoms with Crippen LogP contribution in [0.1, 0.15) is 30.6 Å². The molecule has 0 bridgehead atoms. The molecule has 0 amide bonds. The Morgan fingerprint density at radius 2 is 2.24 bits per heavy atom. The molecule has 0 unspecified atom stereocenters. The minimum atomic E-state index is -2.26. The molecule has 1 aliphatic carbocycles. The molecule has 1 aliphatic rings. The van der Waals surface area contributed by atoms with Crippen LogP contribution in [0.3, 0.4) is 0 Å². The summed E-state index contributed by atoms with van der Waals surface area (Å²) in [5.41, 5.74) is 0. The van der Waals surface area contributed by atoms with Gasteiger partial charge in [0.25, 0.3) is 0 Å². The molecule has 0 saturated heterocycles. The molecule has 8 heteroatoms. The van der Waals surface area contributed by atoms with E-state index in [-0.39, 0.29) is 12.2 Å². The van der Waals surface area contributed by atoms with Crippen molar-refractivity contribution < 1.29 is 17.9 Å². The minimum absolute atomic E-state index is 0.194. The van der Waals surface area contributed by atoms with Crippen LogP contribution in [-0.4, -0.2) is 28.2 Å². The molecular weight excluding hydrogens is 321 g/mol. The van der Waals surface area contributed by atoms with Gasteiger partial charge in [-0.1, -0.05) is 18.2 Å². The highest BCUT2D eigenvalue weighted by Crippen LogP contribution is 2.27. The van der Waals surface area contributed by atoms with Gasteiger partial charge < -0.3 is 5.21 Å². The van der Waals surface area contributed by atoms with Gasteiger partial charge in [-0.05, 0) is 12.8 Å². The normalized spacial score (nSPS) is 15.9. The summed E-state index contributed by atoms with van der Waals surface area (Å²) in [5, 5.41) is 11.7. The topological polar surface area (TPSA) is 39.0 Å². The van der Waals surface area contributed by atoms with Crippen LogP contribution in [0.25, 0.3) is 0 Å². The number of thioether (sulfide) groups is 1. The Kier molecular flexibility index (Phi) is 6.10. The number of aromatic nitrogens is 1. The number of rotatable bonds is 7. The van der Waals surface area contributed by atoms with Crippen LogP contribution >= 0.6 is 23.1 Å². The Morgan fingerprint density at radius 1 is 1.48 bits per heavy atom. The first-order chi connectivity index (χ1) is 10.0. The van der Waals surface area contributed by atoms with Crippen molar-refractivity contribution in [2.45, 2.75) is 30.0 Å². The van der Waals surface area contributed by atoms with Crippen molar-refractivity contribution in [3.63, 3.8) is 0 Å². The third-order valence-electron chi connectivity index (χ3n) is 3.19. The van der Waals surface area contributed by atoms with Crippen molar-refractivity contribution in [1.82, 2.24) is 4.98 Å². The summed E-state index contributed by atoms with van der Waals surface area (Å²) in [4.78, 5) is 4.80. The van der Waals surface area contributed by atoms with Crippen molar-refractivity contribution in [3.8, 4) is 0 Å². The van der Waals surface area contributed by atoms with Crippen molar-refractivity contribution >= 4 is 29.3 Å². The van der Waals surface area contributed by atoms with E-state index in [2.05, 4.69) is 4.98 Å². The summed E-state index contributed by atoms with van der Waals surface area (Å²) in [6.45, 7) is 0.506. The number of hydrogen-bond acceptors (Lipinski definition) is 4. The summed E-state index contributed by atoms with van der Waals surface area (Å²) < 4.78 is 37.9. The smallest absolute Gasteiger partial charge is 0.301 e. The van der Waals surface area contributed by atoms with E-state index in [0.717, 1.165) is 22.5 Å². The van der Waals surface area contributed by atoms with Crippen LogP contribution in [0.15, 0.2) is 22.4 Å². The van der Waals surface area contributed by atoms with Gasteiger partial charge in [0, 0.05) is 18.1 Å². The number of thiazole rings is 1. The predicted molar refractivity (Wildman–Crippen MR) is 78.8 cm³/mol. The van der Waals surface area contributed by atoms with E-state index in [9.17, 15) is 18.4 Å². The lowest BCUT2D eigenvalue weighted by Gasteiger charge is -2.23. The second kappa shape index (κ2) is 7.84. The highest BCUT2D eigenvalue weighted by molar-refractivity contribution is 8.01. The Morgan fingerprint density at radius 3 is 2.86 bits per heavy atom. The van der Waals surface area contributed by atoms with Gasteiger partial charge in [0.15, 0.2) is 22.9 Å². The van der Waals surface area contributed by atoms with Crippen LogP contribution in [0, 0.1) is 11.1 Å². The minimum Gasteiger partial charge on any atom is -0.624 e. The van der Waals surface area contributed by atoms with Gasteiger partial charge in [0.1, 0.15) is 4.88 Å². The first-order valence-electron chi connectivity index (χ1n) is 6.61. The summed E-state index contributed by atoms with van der Waals surface area (Å²) in [5.74, 6) is -0.692. The van der Waals surface area contributed by atoms with E-state index >= 15 is 0 Å². The Bertz CT molecular complexity index is 537. The number of hydroxylamine groups is 1. The van der Waals surface area contributed by atoms with E-state index in [0.29, 0.717) is 16.8 Å². The lowest BCUT2D eigenvalue weighted by atomic mass is 9.86. The SMILES string of the molecule is [O-]/[N+](=C\c1cnc(SCCC(F)=C(F)F)s1)CC1CCC1. The summed E-state index contributed by atoms with van der Waals surface area (Å²) in [6.07, 6.45) is 3.91. The molecular formula is C13H15F3N2OS2. The maximum absolute atomic E-state index is 12.6. The number of nitrogens with zero attached hydrogens (tertiary/aromatic N) is 2. The van der Waals surface area contributed by atoms with Crippen LogP contribution in [0.5, 0.6) is 0 Å². The van der Waals surface area contributed by atoms with Crippen LogP contribution in [0.4, 0.5) is 13.2 Å². The lowest BCUT2D eigenvalue weighted by Crippen LogP contribution is -2.22. The maximum Gasteiger partial charge on any atom is 0.301 e. The van der Waals surface area contributed by atoms with Gasteiger partial charge >= 0.3 is 6.08 Å². The fourth-order valence-corrected chi connectivity index (χ4v) is 3.78. The maximum atomic E-state index is 12.6. The fraction of sp³-hybridized carbons (Fsp3) is 0.538. The molecule has 0 aromatic carbocycles. The van der Waals surface area contributed by atoms with Crippen molar-refractivity contribution in [2.75, 3.05) is 12.3 Å². The highest BCUT2D eigenvalue weighted by Gasteiger charge is 2.20. The summed E-state index contributed by atoms with van der Waals surface area (Å²) >= 11 is 2.51. The largest absolute Gasteiger partial charge is 0.624 e. The van der Waals surface area contributed by atoms with Gasteiger partial charge in [0.05, 0.1) is 6.20 Å². The molecule has 1 heterocycles. The Hall–Kier alpha value is -1.02. The molecule has 0 N–H and O–H groups in total. The zero-order chi connectivity index (χ0) is 15.2. The van der Waals surface area contributed by atoms with Gasteiger partial charge in [-0.25, -0.2) is 14.1 Å². The molecule has 2 rings (SSSR count). The number of halogens is 3. The first kappa shape index (κ1) is 16.4. The third kappa shape index (κ3) is 5.35. The van der Waals surface area contributed by atoms with Gasteiger partial charge in [-0.2, -0.15) is 8.78 Å². The monoisotopic (exact) mass is 336 g/mol. The summed E-state index contributed by atoms with van der Waals surface area (Å²) in [7, 11) is 0. The van der Waals surface area contributed by atoms with E-state index in [4.69, 9.17) is 0 Å². The average molecular weight is 336 g/mol. The molecule has 1 fully saturated rings. The lowest BCUT2D eigenvalue weighted by molar-refractivity contribution is -0.464. The molecule has 1 aromatic heterocycles. The molecule has 0 aliphatic heterocycles. The Labute approximate surface area is 129 Å². The van der Waals surface area contributed by atoms with Gasteiger partial charge in [-0.3, -0.25) is 0 Å². The van der Waals surface area contributed by atoms with Gasteiger partial charge in [0.2, 0.25) is 0 Å². The Balaban J connectivity index is 1.80. The zero-order valence-electron chi connectivity index (χ0n) is 11.2. The molecule has 3 nitrogen and oxygen atoms in total. The summed E-state index contributed by atoms with van der Waals surface area (Å²) in [6, 6.07) is 0. The zero-order valence-corrected chi connectivity index (χ0v) is 12.9.